The van der Waals surface area contributed by atoms with E-state index in [1.807, 2.05) is 30.5 Å². The number of hydrogen-bond donors (Lipinski definition) is 1. The summed E-state index contributed by atoms with van der Waals surface area (Å²) in [7, 11) is 0. The SMILES string of the molecule is C=Cn1cc(-c2ccccc2N)nc1N=C. The van der Waals surface area contributed by atoms with Gasteiger partial charge >= 0.3 is 0 Å². The summed E-state index contributed by atoms with van der Waals surface area (Å²) in [6.45, 7) is 7.13. The maximum absolute atomic E-state index is 5.87. The molecule has 0 saturated carbocycles. The fraction of sp³-hybridized carbons (Fsp3) is 0. The van der Waals surface area contributed by atoms with Crippen molar-refractivity contribution in [2.24, 2.45) is 4.99 Å². The van der Waals surface area contributed by atoms with Gasteiger partial charge in [0.25, 0.3) is 0 Å². The minimum atomic E-state index is 0.508. The molecule has 4 heteroatoms. The van der Waals surface area contributed by atoms with Crippen LogP contribution in [0.4, 0.5) is 11.6 Å². The average Bonchev–Trinajstić information content (AvgIpc) is 2.72. The standard InChI is InChI=1S/C12H12N4/c1-3-16-8-11(15-12(16)14-2)9-6-4-5-7-10(9)13/h3-8H,1-2,13H2. The van der Waals surface area contributed by atoms with Gasteiger partial charge in [0.1, 0.15) is 0 Å². The molecule has 0 aliphatic rings. The molecule has 0 fully saturated rings. The monoisotopic (exact) mass is 212 g/mol. The highest BCUT2D eigenvalue weighted by atomic mass is 15.2. The Morgan fingerprint density at radius 3 is 2.69 bits per heavy atom. The van der Waals surface area contributed by atoms with Crippen LogP contribution in [0.3, 0.4) is 0 Å². The number of benzene rings is 1. The Kier molecular flexibility index (Phi) is 2.55. The number of hydrogen-bond acceptors (Lipinski definition) is 3. The Morgan fingerprint density at radius 1 is 1.38 bits per heavy atom. The Hall–Kier alpha value is -2.36. The molecule has 1 heterocycles. The van der Waals surface area contributed by atoms with Crippen LogP contribution >= 0.6 is 0 Å². The molecule has 1 aromatic carbocycles. The lowest BCUT2D eigenvalue weighted by molar-refractivity contribution is 1.12. The highest BCUT2D eigenvalue weighted by Gasteiger charge is 2.08. The van der Waals surface area contributed by atoms with E-state index in [0.29, 0.717) is 11.6 Å². The first-order valence-electron chi connectivity index (χ1n) is 4.79. The van der Waals surface area contributed by atoms with Crippen molar-refractivity contribution in [3.8, 4) is 11.3 Å². The van der Waals surface area contributed by atoms with Gasteiger partial charge in [-0.05, 0) is 12.8 Å². The second-order valence-corrected chi connectivity index (χ2v) is 3.26. The third-order valence-electron chi connectivity index (χ3n) is 2.29. The van der Waals surface area contributed by atoms with Crippen molar-refractivity contribution in [1.82, 2.24) is 9.55 Å². The number of aliphatic imine (C=N–C) groups is 1. The third-order valence-corrected chi connectivity index (χ3v) is 2.29. The van der Waals surface area contributed by atoms with Crippen LogP contribution < -0.4 is 5.73 Å². The third kappa shape index (κ3) is 1.61. The fourth-order valence-electron chi connectivity index (χ4n) is 1.50. The molecular weight excluding hydrogens is 200 g/mol. The van der Waals surface area contributed by atoms with Crippen LogP contribution in [-0.2, 0) is 0 Å². The molecule has 1 aromatic heterocycles. The Bertz CT molecular complexity index is 514. The zero-order valence-corrected chi connectivity index (χ0v) is 8.80. The van der Waals surface area contributed by atoms with Gasteiger partial charge < -0.3 is 5.73 Å². The van der Waals surface area contributed by atoms with Crippen molar-refractivity contribution in [1.29, 1.82) is 0 Å². The summed E-state index contributed by atoms with van der Waals surface area (Å²) in [4.78, 5) is 8.12. The first kappa shape index (κ1) is 10.2. The van der Waals surface area contributed by atoms with E-state index in [1.165, 1.54) is 0 Å². The summed E-state index contributed by atoms with van der Waals surface area (Å²) >= 11 is 0. The second-order valence-electron chi connectivity index (χ2n) is 3.26. The van der Waals surface area contributed by atoms with Crippen molar-refractivity contribution < 1.29 is 0 Å². The Balaban J connectivity index is 2.57. The van der Waals surface area contributed by atoms with E-state index in [2.05, 4.69) is 23.3 Å². The maximum Gasteiger partial charge on any atom is 0.233 e. The summed E-state index contributed by atoms with van der Waals surface area (Å²) in [5.74, 6) is 0.508. The van der Waals surface area contributed by atoms with Gasteiger partial charge in [0, 0.05) is 23.6 Å². The first-order valence-corrected chi connectivity index (χ1v) is 4.79. The van der Waals surface area contributed by atoms with Crippen molar-refractivity contribution >= 4 is 24.6 Å². The number of para-hydroxylation sites is 1. The molecule has 2 N–H and O–H groups in total. The van der Waals surface area contributed by atoms with Gasteiger partial charge in [0.15, 0.2) is 0 Å². The number of imidazole rings is 1. The molecule has 0 amide bonds. The normalized spacial score (nSPS) is 10.0. The second kappa shape index (κ2) is 4.02. The fourth-order valence-corrected chi connectivity index (χ4v) is 1.50. The highest BCUT2D eigenvalue weighted by molar-refractivity contribution is 5.74. The van der Waals surface area contributed by atoms with Crippen molar-refractivity contribution in [2.45, 2.75) is 0 Å². The predicted octanol–water partition coefficient (Wildman–Crippen LogP) is 2.56. The van der Waals surface area contributed by atoms with E-state index in [9.17, 15) is 0 Å². The number of nitrogens with two attached hydrogens (primary N) is 1. The van der Waals surface area contributed by atoms with Crippen LogP contribution in [-0.4, -0.2) is 16.3 Å². The molecule has 80 valence electrons. The van der Waals surface area contributed by atoms with Gasteiger partial charge in [0.2, 0.25) is 5.95 Å². The molecule has 0 bridgehead atoms. The number of anilines is 1. The summed E-state index contributed by atoms with van der Waals surface area (Å²) in [6.07, 6.45) is 3.45. The van der Waals surface area contributed by atoms with Gasteiger partial charge in [0.05, 0.1) is 5.69 Å². The van der Waals surface area contributed by atoms with Crippen LogP contribution in [0.5, 0.6) is 0 Å². The van der Waals surface area contributed by atoms with Crippen molar-refractivity contribution in [2.75, 3.05) is 5.73 Å². The lowest BCUT2D eigenvalue weighted by Gasteiger charge is -1.99. The van der Waals surface area contributed by atoms with Crippen molar-refractivity contribution in [3.05, 3.63) is 37.0 Å². The Labute approximate surface area is 93.8 Å². The summed E-state index contributed by atoms with van der Waals surface area (Å²) in [5, 5.41) is 0. The summed E-state index contributed by atoms with van der Waals surface area (Å²) in [5.41, 5.74) is 8.21. The zero-order chi connectivity index (χ0) is 11.5. The maximum atomic E-state index is 5.87. The quantitative estimate of drug-likeness (QED) is 0.628. The highest BCUT2D eigenvalue weighted by Crippen LogP contribution is 2.26. The first-order chi connectivity index (χ1) is 7.76. The summed E-state index contributed by atoms with van der Waals surface area (Å²) < 4.78 is 1.70. The molecule has 0 aliphatic heterocycles. The van der Waals surface area contributed by atoms with Crippen LogP contribution in [0, 0.1) is 0 Å². The lowest BCUT2D eigenvalue weighted by Crippen LogP contribution is -1.88. The van der Waals surface area contributed by atoms with E-state index >= 15 is 0 Å². The molecular formula is C12H12N4. The predicted molar refractivity (Wildman–Crippen MR) is 67.7 cm³/mol. The van der Waals surface area contributed by atoms with Gasteiger partial charge in [-0.15, -0.1) is 0 Å². The molecule has 4 nitrogen and oxygen atoms in total. The smallest absolute Gasteiger partial charge is 0.233 e. The van der Waals surface area contributed by atoms with Crippen LogP contribution in [0.2, 0.25) is 0 Å². The molecule has 0 saturated heterocycles. The lowest BCUT2D eigenvalue weighted by atomic mass is 10.1. The number of rotatable bonds is 3. The van der Waals surface area contributed by atoms with Crippen LogP contribution in [0.15, 0.2) is 42.0 Å². The van der Waals surface area contributed by atoms with Crippen LogP contribution in [0.25, 0.3) is 17.5 Å². The summed E-state index contributed by atoms with van der Waals surface area (Å²) in [6, 6.07) is 7.55. The number of nitrogen functional groups attached to an aromatic ring is 1. The van der Waals surface area contributed by atoms with E-state index < -0.39 is 0 Å². The molecule has 2 rings (SSSR count). The molecule has 16 heavy (non-hydrogen) atoms. The molecule has 0 unspecified atom stereocenters. The molecule has 2 aromatic rings. The topological polar surface area (TPSA) is 56.2 Å². The van der Waals surface area contributed by atoms with Gasteiger partial charge in [-0.2, -0.15) is 0 Å². The van der Waals surface area contributed by atoms with E-state index in [1.54, 1.807) is 10.8 Å². The number of nitrogens with zero attached hydrogens (tertiary/aromatic N) is 3. The molecule has 0 radical (unpaired) electrons. The van der Waals surface area contributed by atoms with Gasteiger partial charge in [-0.3, -0.25) is 4.57 Å². The van der Waals surface area contributed by atoms with Crippen molar-refractivity contribution in [3.63, 3.8) is 0 Å². The number of aromatic nitrogens is 2. The minimum absolute atomic E-state index is 0.508. The van der Waals surface area contributed by atoms with E-state index in [4.69, 9.17) is 5.73 Å². The Morgan fingerprint density at radius 2 is 2.12 bits per heavy atom. The molecule has 0 atom stereocenters. The molecule has 0 spiro atoms. The molecule has 0 aliphatic carbocycles. The van der Waals surface area contributed by atoms with Gasteiger partial charge in [-0.25, -0.2) is 9.98 Å². The van der Waals surface area contributed by atoms with Gasteiger partial charge in [-0.1, -0.05) is 24.8 Å². The van der Waals surface area contributed by atoms with E-state index in [0.717, 1.165) is 11.3 Å². The zero-order valence-electron chi connectivity index (χ0n) is 8.80. The van der Waals surface area contributed by atoms with E-state index in [-0.39, 0.29) is 0 Å². The van der Waals surface area contributed by atoms with Crippen LogP contribution in [0.1, 0.15) is 0 Å². The average molecular weight is 212 g/mol. The largest absolute Gasteiger partial charge is 0.398 e. The minimum Gasteiger partial charge on any atom is -0.398 e.